The molecule has 26 heavy (non-hydrogen) atoms. The van der Waals surface area contributed by atoms with E-state index in [1.807, 2.05) is 12.2 Å². The molecule has 1 fully saturated rings. The van der Waals surface area contributed by atoms with Crippen molar-refractivity contribution in [3.63, 3.8) is 0 Å². The van der Waals surface area contributed by atoms with Crippen LogP contribution in [0.2, 0.25) is 5.02 Å². The Morgan fingerprint density at radius 3 is 2.19 bits per heavy atom. The van der Waals surface area contributed by atoms with Gasteiger partial charge in [-0.2, -0.15) is 0 Å². The molecule has 1 aromatic carbocycles. The SMILES string of the molecule is O=C(CCN1C(=O)[C@@H]2CC=CC[C@H]2C1=O)OCC(=O)c1ccc(Cl)cc1. The molecule has 6 nitrogen and oxygen atoms in total. The number of nitrogens with zero attached hydrogens (tertiary/aromatic N) is 1. The predicted octanol–water partition coefficient (Wildman–Crippen LogP) is 2.41. The van der Waals surface area contributed by atoms with Crippen LogP contribution in [0.15, 0.2) is 36.4 Å². The van der Waals surface area contributed by atoms with Gasteiger partial charge in [0, 0.05) is 17.1 Å². The Morgan fingerprint density at radius 2 is 1.62 bits per heavy atom. The molecule has 0 aromatic heterocycles. The smallest absolute Gasteiger partial charge is 0.308 e. The van der Waals surface area contributed by atoms with Crippen LogP contribution in [0.4, 0.5) is 0 Å². The topological polar surface area (TPSA) is 80.8 Å². The summed E-state index contributed by atoms with van der Waals surface area (Å²) in [4.78, 5) is 49.5. The molecule has 7 heteroatoms. The summed E-state index contributed by atoms with van der Waals surface area (Å²) >= 11 is 5.76. The average Bonchev–Trinajstić information content (AvgIpc) is 2.89. The van der Waals surface area contributed by atoms with Crippen molar-refractivity contribution in [2.75, 3.05) is 13.2 Å². The standard InChI is InChI=1S/C19H18ClNO5/c20-13-7-5-12(6-8-13)16(22)11-26-17(23)9-10-21-18(24)14-3-1-2-4-15(14)19(21)25/h1-2,5-8,14-15H,3-4,9-11H2/t14-,15-/m1/s1. The second-order valence-electron chi connectivity index (χ2n) is 6.32. The molecule has 1 aliphatic heterocycles. The normalized spacial score (nSPS) is 21.7. The molecular weight excluding hydrogens is 358 g/mol. The van der Waals surface area contributed by atoms with Crippen LogP contribution in [0.1, 0.15) is 29.6 Å². The van der Waals surface area contributed by atoms with Crippen LogP contribution in [0.5, 0.6) is 0 Å². The lowest BCUT2D eigenvalue weighted by molar-refractivity contribution is -0.145. The van der Waals surface area contributed by atoms with Gasteiger partial charge in [-0.3, -0.25) is 24.1 Å². The second kappa shape index (κ2) is 7.83. The quantitative estimate of drug-likeness (QED) is 0.330. The van der Waals surface area contributed by atoms with Gasteiger partial charge < -0.3 is 4.74 Å². The summed E-state index contributed by atoms with van der Waals surface area (Å²) in [5, 5.41) is 0.509. The van der Waals surface area contributed by atoms with Crippen LogP contribution >= 0.6 is 11.6 Å². The van der Waals surface area contributed by atoms with Gasteiger partial charge in [0.1, 0.15) is 0 Å². The molecule has 0 unspecified atom stereocenters. The van der Waals surface area contributed by atoms with Crippen molar-refractivity contribution in [3.05, 3.63) is 47.0 Å². The summed E-state index contributed by atoms with van der Waals surface area (Å²) in [5.74, 6) is -2.05. The van der Waals surface area contributed by atoms with Crippen LogP contribution < -0.4 is 0 Å². The lowest BCUT2D eigenvalue weighted by Crippen LogP contribution is -2.33. The largest absolute Gasteiger partial charge is 0.457 e. The van der Waals surface area contributed by atoms with Gasteiger partial charge in [-0.1, -0.05) is 23.8 Å². The lowest BCUT2D eigenvalue weighted by Gasteiger charge is -2.14. The van der Waals surface area contributed by atoms with Gasteiger partial charge in [0.2, 0.25) is 11.8 Å². The van der Waals surface area contributed by atoms with Crippen molar-refractivity contribution < 1.29 is 23.9 Å². The first-order chi connectivity index (χ1) is 12.5. The summed E-state index contributed by atoms with van der Waals surface area (Å²) in [7, 11) is 0. The number of hydrogen-bond donors (Lipinski definition) is 0. The maximum Gasteiger partial charge on any atom is 0.308 e. The molecule has 0 spiro atoms. The zero-order chi connectivity index (χ0) is 18.7. The Morgan fingerprint density at radius 1 is 1.04 bits per heavy atom. The third kappa shape index (κ3) is 3.85. The number of rotatable bonds is 6. The summed E-state index contributed by atoms with van der Waals surface area (Å²) in [6, 6.07) is 6.26. The molecule has 1 heterocycles. The Bertz CT molecular complexity index is 745. The number of ether oxygens (including phenoxy) is 1. The third-order valence-corrected chi connectivity index (χ3v) is 4.92. The molecule has 2 aliphatic rings. The Balaban J connectivity index is 1.47. The van der Waals surface area contributed by atoms with E-state index in [0.29, 0.717) is 23.4 Å². The third-order valence-electron chi connectivity index (χ3n) is 4.67. The van der Waals surface area contributed by atoms with Gasteiger partial charge in [-0.15, -0.1) is 0 Å². The van der Waals surface area contributed by atoms with Gasteiger partial charge >= 0.3 is 5.97 Å². The molecule has 0 radical (unpaired) electrons. The number of likely N-dealkylation sites (tertiary alicyclic amines) is 1. The number of allylic oxidation sites excluding steroid dienone is 2. The van der Waals surface area contributed by atoms with E-state index in [9.17, 15) is 19.2 Å². The molecule has 0 bridgehead atoms. The lowest BCUT2D eigenvalue weighted by atomic mass is 9.85. The molecule has 1 saturated heterocycles. The number of amides is 2. The number of halogens is 1. The maximum atomic E-state index is 12.3. The minimum Gasteiger partial charge on any atom is -0.457 e. The van der Waals surface area contributed by atoms with Crippen molar-refractivity contribution >= 4 is 35.2 Å². The van der Waals surface area contributed by atoms with E-state index >= 15 is 0 Å². The first-order valence-electron chi connectivity index (χ1n) is 8.42. The number of hydrogen-bond acceptors (Lipinski definition) is 5. The van der Waals surface area contributed by atoms with E-state index in [2.05, 4.69) is 0 Å². The molecular formula is C19H18ClNO5. The Kier molecular flexibility index (Phi) is 5.52. The van der Waals surface area contributed by atoms with E-state index in [-0.39, 0.29) is 42.4 Å². The van der Waals surface area contributed by atoms with Gasteiger partial charge in [-0.05, 0) is 37.1 Å². The number of imide groups is 1. The van der Waals surface area contributed by atoms with Crippen LogP contribution in [0.3, 0.4) is 0 Å². The summed E-state index contributed by atoms with van der Waals surface area (Å²) < 4.78 is 4.95. The van der Waals surface area contributed by atoms with Gasteiger partial charge in [-0.25, -0.2) is 0 Å². The fourth-order valence-corrected chi connectivity index (χ4v) is 3.36. The van der Waals surface area contributed by atoms with Crippen LogP contribution in [0, 0.1) is 11.8 Å². The Hall–Kier alpha value is -2.47. The van der Waals surface area contributed by atoms with Gasteiger partial charge in [0.25, 0.3) is 0 Å². The number of carbonyl (C=O) groups is 4. The summed E-state index contributed by atoms with van der Waals surface area (Å²) in [6.45, 7) is -0.407. The van der Waals surface area contributed by atoms with Crippen molar-refractivity contribution in [2.45, 2.75) is 19.3 Å². The summed E-state index contributed by atoms with van der Waals surface area (Å²) in [5.41, 5.74) is 0.392. The molecule has 2 atom stereocenters. The fourth-order valence-electron chi connectivity index (χ4n) is 3.23. The molecule has 0 saturated carbocycles. The van der Waals surface area contributed by atoms with E-state index in [4.69, 9.17) is 16.3 Å². The monoisotopic (exact) mass is 375 g/mol. The molecule has 136 valence electrons. The Labute approximate surface area is 155 Å². The maximum absolute atomic E-state index is 12.3. The van der Waals surface area contributed by atoms with Gasteiger partial charge in [0.05, 0.1) is 18.3 Å². The fraction of sp³-hybridized carbons (Fsp3) is 0.368. The zero-order valence-corrected chi connectivity index (χ0v) is 14.8. The highest BCUT2D eigenvalue weighted by atomic mass is 35.5. The first kappa shape index (κ1) is 18.3. The van der Waals surface area contributed by atoms with E-state index in [0.717, 1.165) is 4.90 Å². The number of ketones is 1. The minimum atomic E-state index is -0.624. The van der Waals surface area contributed by atoms with Crippen molar-refractivity contribution in [2.24, 2.45) is 11.8 Å². The molecule has 3 rings (SSSR count). The average molecular weight is 376 g/mol. The molecule has 1 aliphatic carbocycles. The first-order valence-corrected chi connectivity index (χ1v) is 8.80. The second-order valence-corrected chi connectivity index (χ2v) is 6.76. The van der Waals surface area contributed by atoms with Crippen molar-refractivity contribution in [1.82, 2.24) is 4.90 Å². The van der Waals surface area contributed by atoms with Crippen LogP contribution in [-0.4, -0.2) is 41.6 Å². The highest BCUT2D eigenvalue weighted by molar-refractivity contribution is 6.30. The highest BCUT2D eigenvalue weighted by Gasteiger charge is 2.46. The van der Waals surface area contributed by atoms with E-state index in [1.165, 1.54) is 0 Å². The van der Waals surface area contributed by atoms with Crippen LogP contribution in [0.25, 0.3) is 0 Å². The molecule has 2 amide bonds. The summed E-state index contributed by atoms with van der Waals surface area (Å²) in [6.07, 6.45) is 4.81. The molecule has 0 N–H and O–H groups in total. The number of fused-ring (bicyclic) bond motifs is 1. The zero-order valence-electron chi connectivity index (χ0n) is 14.0. The number of esters is 1. The highest BCUT2D eigenvalue weighted by Crippen LogP contribution is 2.34. The number of Topliss-reactive ketones (excluding diaryl/α,β-unsaturated/α-hetero) is 1. The van der Waals surface area contributed by atoms with E-state index in [1.54, 1.807) is 24.3 Å². The number of carbonyl (C=O) groups excluding carboxylic acids is 4. The van der Waals surface area contributed by atoms with Crippen LogP contribution in [-0.2, 0) is 19.1 Å². The van der Waals surface area contributed by atoms with Crippen molar-refractivity contribution in [1.29, 1.82) is 0 Å². The van der Waals surface area contributed by atoms with Gasteiger partial charge in [0.15, 0.2) is 12.4 Å². The van der Waals surface area contributed by atoms with E-state index < -0.39 is 12.6 Å². The number of benzene rings is 1. The predicted molar refractivity (Wildman–Crippen MR) is 93.4 cm³/mol. The minimum absolute atomic E-state index is 0.0152. The molecule has 1 aromatic rings. The van der Waals surface area contributed by atoms with Crippen molar-refractivity contribution in [3.8, 4) is 0 Å².